The van der Waals surface area contributed by atoms with Gasteiger partial charge in [-0.05, 0) is 5.56 Å². The predicted molar refractivity (Wildman–Crippen MR) is 80.6 cm³/mol. The highest BCUT2D eigenvalue weighted by atomic mass is 16.7. The first-order valence-corrected chi connectivity index (χ1v) is 7.74. The maximum atomic E-state index is 11.2. The Labute approximate surface area is 135 Å². The number of hydrogen-bond donors (Lipinski definition) is 0. The fourth-order valence-corrected chi connectivity index (χ4v) is 3.09. The molecular formula is C17H22O6. The van der Waals surface area contributed by atoms with Crippen molar-refractivity contribution >= 4 is 5.97 Å². The Balaban J connectivity index is 1.72. The van der Waals surface area contributed by atoms with E-state index in [1.807, 2.05) is 30.3 Å². The Bertz CT molecular complexity index is 533. The van der Waals surface area contributed by atoms with Crippen molar-refractivity contribution in [1.29, 1.82) is 0 Å². The second-order valence-corrected chi connectivity index (χ2v) is 5.93. The lowest BCUT2D eigenvalue weighted by molar-refractivity contribution is -0.268. The molecular weight excluding hydrogens is 300 g/mol. The van der Waals surface area contributed by atoms with Crippen molar-refractivity contribution in [1.82, 2.24) is 0 Å². The summed E-state index contributed by atoms with van der Waals surface area (Å²) in [6.45, 7) is 2.25. The van der Waals surface area contributed by atoms with Crippen LogP contribution in [-0.4, -0.2) is 50.4 Å². The SMILES string of the molecule is COC1CC2OCC(COC(C)=O)(O1)C2OCc1ccccc1. The second-order valence-electron chi connectivity index (χ2n) is 5.93. The van der Waals surface area contributed by atoms with E-state index >= 15 is 0 Å². The van der Waals surface area contributed by atoms with Crippen molar-refractivity contribution in [3.63, 3.8) is 0 Å². The molecule has 0 N–H and O–H groups in total. The first kappa shape index (κ1) is 16.4. The second kappa shape index (κ2) is 6.97. The molecule has 2 aliphatic heterocycles. The Hall–Kier alpha value is -1.47. The van der Waals surface area contributed by atoms with E-state index in [9.17, 15) is 4.79 Å². The Kier molecular flexibility index (Phi) is 4.96. The van der Waals surface area contributed by atoms with Crippen LogP contribution in [0.25, 0.3) is 0 Å². The van der Waals surface area contributed by atoms with Gasteiger partial charge in [0.2, 0.25) is 0 Å². The summed E-state index contributed by atoms with van der Waals surface area (Å²) in [5, 5.41) is 0. The maximum Gasteiger partial charge on any atom is 0.302 e. The number of ether oxygens (including phenoxy) is 5. The molecule has 6 nitrogen and oxygen atoms in total. The quantitative estimate of drug-likeness (QED) is 0.742. The van der Waals surface area contributed by atoms with E-state index in [2.05, 4.69) is 0 Å². The van der Waals surface area contributed by atoms with Crippen LogP contribution in [0.2, 0.25) is 0 Å². The van der Waals surface area contributed by atoms with Crippen LogP contribution in [0.4, 0.5) is 0 Å². The first-order valence-electron chi connectivity index (χ1n) is 7.74. The number of fused-ring (bicyclic) bond motifs is 2. The molecule has 4 unspecified atom stereocenters. The molecule has 2 saturated heterocycles. The number of carbonyl (C=O) groups excluding carboxylic acids is 1. The summed E-state index contributed by atoms with van der Waals surface area (Å²) in [5.74, 6) is -0.354. The average molecular weight is 322 g/mol. The summed E-state index contributed by atoms with van der Waals surface area (Å²) < 4.78 is 28.4. The molecule has 0 amide bonds. The average Bonchev–Trinajstić information content (AvgIpc) is 2.77. The van der Waals surface area contributed by atoms with Crippen LogP contribution in [0.5, 0.6) is 0 Å². The fourth-order valence-electron chi connectivity index (χ4n) is 3.09. The smallest absolute Gasteiger partial charge is 0.302 e. The van der Waals surface area contributed by atoms with Gasteiger partial charge in [-0.3, -0.25) is 4.79 Å². The summed E-state index contributed by atoms with van der Waals surface area (Å²) in [7, 11) is 1.59. The van der Waals surface area contributed by atoms with Gasteiger partial charge in [-0.1, -0.05) is 30.3 Å². The van der Waals surface area contributed by atoms with Gasteiger partial charge in [0.25, 0.3) is 0 Å². The van der Waals surface area contributed by atoms with Crippen LogP contribution >= 0.6 is 0 Å². The molecule has 1 aromatic rings. The molecule has 6 heteroatoms. The third-order valence-electron chi connectivity index (χ3n) is 4.24. The lowest BCUT2D eigenvalue weighted by Gasteiger charge is -2.41. The van der Waals surface area contributed by atoms with E-state index in [4.69, 9.17) is 23.7 Å². The third kappa shape index (κ3) is 3.55. The monoisotopic (exact) mass is 322 g/mol. The van der Waals surface area contributed by atoms with E-state index in [1.54, 1.807) is 7.11 Å². The van der Waals surface area contributed by atoms with Gasteiger partial charge in [0, 0.05) is 20.5 Å². The lowest BCUT2D eigenvalue weighted by Crippen LogP contribution is -2.57. The topological polar surface area (TPSA) is 63.2 Å². The molecule has 4 atom stereocenters. The van der Waals surface area contributed by atoms with Crippen molar-refractivity contribution < 1.29 is 28.5 Å². The summed E-state index contributed by atoms with van der Waals surface area (Å²) in [4.78, 5) is 11.2. The van der Waals surface area contributed by atoms with Gasteiger partial charge >= 0.3 is 5.97 Å². The minimum Gasteiger partial charge on any atom is -0.463 e. The number of rotatable bonds is 6. The number of benzene rings is 1. The van der Waals surface area contributed by atoms with E-state index in [0.29, 0.717) is 19.6 Å². The molecule has 0 spiro atoms. The molecule has 0 saturated carbocycles. The first-order chi connectivity index (χ1) is 11.1. The standard InChI is InChI=1S/C17H22O6/c1-12(18)21-10-17-11-22-14(8-15(19-2)23-17)16(17)20-9-13-6-4-3-5-7-13/h3-7,14-16H,8-11H2,1-2H3. The molecule has 2 aliphatic rings. The Morgan fingerprint density at radius 3 is 2.83 bits per heavy atom. The number of methoxy groups -OCH3 is 1. The van der Waals surface area contributed by atoms with Gasteiger partial charge in [-0.25, -0.2) is 0 Å². The third-order valence-corrected chi connectivity index (χ3v) is 4.24. The van der Waals surface area contributed by atoms with E-state index in [0.717, 1.165) is 5.56 Å². The van der Waals surface area contributed by atoms with Gasteiger partial charge in [-0.15, -0.1) is 0 Å². The highest BCUT2D eigenvalue weighted by Crippen LogP contribution is 2.40. The molecule has 2 bridgehead atoms. The van der Waals surface area contributed by atoms with Gasteiger partial charge < -0.3 is 23.7 Å². The summed E-state index contributed by atoms with van der Waals surface area (Å²) in [6, 6.07) is 9.91. The van der Waals surface area contributed by atoms with Crippen LogP contribution in [0.1, 0.15) is 18.9 Å². The summed E-state index contributed by atoms with van der Waals surface area (Å²) in [5.41, 5.74) is 0.257. The normalized spacial score (nSPS) is 32.7. The van der Waals surface area contributed by atoms with Crippen molar-refractivity contribution in [2.24, 2.45) is 0 Å². The summed E-state index contributed by atoms with van der Waals surface area (Å²) >= 11 is 0. The van der Waals surface area contributed by atoms with E-state index in [-0.39, 0.29) is 31.1 Å². The number of hydrogen-bond acceptors (Lipinski definition) is 6. The van der Waals surface area contributed by atoms with Crippen LogP contribution in [-0.2, 0) is 35.1 Å². The largest absolute Gasteiger partial charge is 0.463 e. The van der Waals surface area contributed by atoms with Crippen molar-refractivity contribution in [2.75, 3.05) is 20.3 Å². The van der Waals surface area contributed by atoms with Crippen molar-refractivity contribution in [3.8, 4) is 0 Å². The number of carbonyl (C=O) groups is 1. The molecule has 0 aliphatic carbocycles. The Morgan fingerprint density at radius 1 is 1.35 bits per heavy atom. The fraction of sp³-hybridized carbons (Fsp3) is 0.588. The van der Waals surface area contributed by atoms with Gasteiger partial charge in [0.05, 0.1) is 19.3 Å². The highest BCUT2D eigenvalue weighted by Gasteiger charge is 2.58. The van der Waals surface area contributed by atoms with Gasteiger partial charge in [0.1, 0.15) is 12.7 Å². The maximum absolute atomic E-state index is 11.2. The van der Waals surface area contributed by atoms with Crippen LogP contribution in [0.3, 0.4) is 0 Å². The Morgan fingerprint density at radius 2 is 2.13 bits per heavy atom. The van der Waals surface area contributed by atoms with Crippen LogP contribution in [0.15, 0.2) is 30.3 Å². The van der Waals surface area contributed by atoms with Gasteiger partial charge in [-0.2, -0.15) is 0 Å². The van der Waals surface area contributed by atoms with Crippen molar-refractivity contribution in [3.05, 3.63) is 35.9 Å². The van der Waals surface area contributed by atoms with E-state index < -0.39 is 5.60 Å². The van der Waals surface area contributed by atoms with E-state index in [1.165, 1.54) is 6.92 Å². The van der Waals surface area contributed by atoms with Gasteiger partial charge in [0.15, 0.2) is 11.9 Å². The molecule has 126 valence electrons. The highest BCUT2D eigenvalue weighted by molar-refractivity contribution is 5.66. The molecule has 2 fully saturated rings. The van der Waals surface area contributed by atoms with Crippen LogP contribution in [0, 0.1) is 0 Å². The molecule has 23 heavy (non-hydrogen) atoms. The summed E-state index contributed by atoms with van der Waals surface area (Å²) in [6.07, 6.45) is -0.214. The zero-order valence-electron chi connectivity index (χ0n) is 13.4. The van der Waals surface area contributed by atoms with Crippen molar-refractivity contribution in [2.45, 2.75) is 44.1 Å². The lowest BCUT2D eigenvalue weighted by atomic mass is 9.92. The van der Waals surface area contributed by atoms with Crippen LogP contribution < -0.4 is 0 Å². The number of esters is 1. The predicted octanol–water partition coefficient (Wildman–Crippen LogP) is 1.67. The zero-order valence-corrected chi connectivity index (χ0v) is 13.4. The molecule has 0 aromatic heterocycles. The molecule has 2 heterocycles. The molecule has 0 radical (unpaired) electrons. The zero-order chi connectivity index (χ0) is 16.3. The molecule has 1 aromatic carbocycles. The minimum atomic E-state index is -0.815. The molecule has 3 rings (SSSR count). The minimum absolute atomic E-state index is 0.0954.